The highest BCUT2D eigenvalue weighted by molar-refractivity contribution is 7.80. The molecule has 0 spiro atoms. The van der Waals surface area contributed by atoms with Crippen molar-refractivity contribution >= 4 is 28.8 Å². The van der Waals surface area contributed by atoms with Crippen LogP contribution >= 0.6 is 12.2 Å². The molecule has 0 unspecified atom stereocenters. The van der Waals surface area contributed by atoms with Gasteiger partial charge in [-0.3, -0.25) is 14.3 Å². The zero-order chi connectivity index (χ0) is 21.7. The van der Waals surface area contributed by atoms with Gasteiger partial charge in [0.25, 0.3) is 5.56 Å². The molecule has 3 aromatic rings. The highest BCUT2D eigenvalue weighted by Crippen LogP contribution is 2.20. The number of thiocarbonyl (C=S) groups is 1. The molecule has 0 saturated carbocycles. The Hall–Kier alpha value is -3.39. The quantitative estimate of drug-likeness (QED) is 0.527. The predicted octanol–water partition coefficient (Wildman–Crippen LogP) is 2.46. The van der Waals surface area contributed by atoms with Gasteiger partial charge >= 0.3 is 5.69 Å². The molecular formula is C22H25N5O2S. The van der Waals surface area contributed by atoms with Gasteiger partial charge in [-0.1, -0.05) is 60.7 Å². The zero-order valence-corrected chi connectivity index (χ0v) is 17.8. The Morgan fingerprint density at radius 3 is 2.20 bits per heavy atom. The lowest BCUT2D eigenvalue weighted by Crippen LogP contribution is -2.46. The van der Waals surface area contributed by atoms with Gasteiger partial charge in [0, 0.05) is 6.04 Å². The first kappa shape index (κ1) is 21.3. The van der Waals surface area contributed by atoms with E-state index >= 15 is 0 Å². The van der Waals surface area contributed by atoms with Gasteiger partial charge in [0.2, 0.25) is 0 Å². The third kappa shape index (κ3) is 4.96. The fourth-order valence-corrected chi connectivity index (χ4v) is 3.50. The predicted molar refractivity (Wildman–Crippen MR) is 125 cm³/mol. The van der Waals surface area contributed by atoms with Gasteiger partial charge in [0.15, 0.2) is 10.8 Å². The van der Waals surface area contributed by atoms with Crippen molar-refractivity contribution in [2.24, 2.45) is 0 Å². The Labute approximate surface area is 180 Å². The SMILES string of the molecule is CC(C)NC(=S)N(Cc1ccccc1)c1c(N)n(Cc2ccccc2)c(=O)[nH]c1=O. The fraction of sp³-hybridized carbons (Fsp3) is 0.227. The smallest absolute Gasteiger partial charge is 0.330 e. The maximum Gasteiger partial charge on any atom is 0.330 e. The summed E-state index contributed by atoms with van der Waals surface area (Å²) < 4.78 is 1.35. The number of benzene rings is 2. The van der Waals surface area contributed by atoms with Gasteiger partial charge in [-0.2, -0.15) is 0 Å². The second-order valence-corrected chi connectivity index (χ2v) is 7.63. The number of nitrogen functional groups attached to an aromatic ring is 1. The molecule has 0 atom stereocenters. The Kier molecular flexibility index (Phi) is 6.68. The maximum atomic E-state index is 12.8. The van der Waals surface area contributed by atoms with Gasteiger partial charge in [0.05, 0.1) is 13.1 Å². The number of hydrogen-bond donors (Lipinski definition) is 3. The highest BCUT2D eigenvalue weighted by atomic mass is 32.1. The van der Waals surface area contributed by atoms with Crippen molar-refractivity contribution in [3.63, 3.8) is 0 Å². The summed E-state index contributed by atoms with van der Waals surface area (Å²) in [6.07, 6.45) is 0. The number of H-pyrrole nitrogens is 1. The van der Waals surface area contributed by atoms with Crippen LogP contribution in [0.5, 0.6) is 0 Å². The van der Waals surface area contributed by atoms with Crippen molar-refractivity contribution < 1.29 is 0 Å². The van der Waals surface area contributed by atoms with Crippen LogP contribution in [0.25, 0.3) is 0 Å². The lowest BCUT2D eigenvalue weighted by Gasteiger charge is -2.28. The van der Waals surface area contributed by atoms with Crippen molar-refractivity contribution in [2.45, 2.75) is 33.0 Å². The molecule has 0 aliphatic heterocycles. The first-order valence-corrected chi connectivity index (χ1v) is 10.1. The van der Waals surface area contributed by atoms with Crippen LogP contribution in [0.4, 0.5) is 11.5 Å². The summed E-state index contributed by atoms with van der Waals surface area (Å²) in [5.74, 6) is 0.0661. The van der Waals surface area contributed by atoms with E-state index in [0.717, 1.165) is 11.1 Å². The van der Waals surface area contributed by atoms with E-state index in [1.54, 1.807) is 4.90 Å². The van der Waals surface area contributed by atoms with Gasteiger partial charge in [-0.15, -0.1) is 0 Å². The van der Waals surface area contributed by atoms with Crippen molar-refractivity contribution in [1.82, 2.24) is 14.9 Å². The van der Waals surface area contributed by atoms with E-state index < -0.39 is 11.2 Å². The van der Waals surface area contributed by atoms with Crippen molar-refractivity contribution in [2.75, 3.05) is 10.6 Å². The molecule has 0 fully saturated rings. The number of hydrogen-bond acceptors (Lipinski definition) is 4. The zero-order valence-electron chi connectivity index (χ0n) is 17.0. The third-order valence-corrected chi connectivity index (χ3v) is 4.85. The first-order valence-electron chi connectivity index (χ1n) is 9.65. The highest BCUT2D eigenvalue weighted by Gasteiger charge is 2.23. The minimum absolute atomic E-state index is 0.0614. The van der Waals surface area contributed by atoms with Gasteiger partial charge in [-0.25, -0.2) is 4.79 Å². The summed E-state index contributed by atoms with van der Waals surface area (Å²) in [7, 11) is 0. The Morgan fingerprint density at radius 2 is 1.63 bits per heavy atom. The van der Waals surface area contributed by atoms with Crippen LogP contribution in [0.3, 0.4) is 0 Å². The molecule has 0 aliphatic carbocycles. The van der Waals surface area contributed by atoms with Crippen molar-refractivity contribution in [3.8, 4) is 0 Å². The molecule has 8 heteroatoms. The minimum Gasteiger partial charge on any atom is -0.383 e. The number of nitrogens with two attached hydrogens (primary N) is 1. The lowest BCUT2D eigenvalue weighted by molar-refractivity contribution is 0.714. The topological polar surface area (TPSA) is 96.2 Å². The van der Waals surface area contributed by atoms with Crippen LogP contribution in [0.15, 0.2) is 70.3 Å². The van der Waals surface area contributed by atoms with E-state index in [9.17, 15) is 9.59 Å². The standard InChI is InChI=1S/C22H25N5O2S/c1-15(2)24-22(30)26(13-16-9-5-3-6-10-16)18-19(23)27(21(29)25-20(18)28)14-17-11-7-4-8-12-17/h3-12,15H,13-14,23H2,1-2H3,(H,24,30)(H,25,28,29). The Morgan fingerprint density at radius 1 is 1.07 bits per heavy atom. The largest absolute Gasteiger partial charge is 0.383 e. The van der Waals surface area contributed by atoms with Crippen LogP contribution in [0, 0.1) is 0 Å². The summed E-state index contributed by atoms with van der Waals surface area (Å²) in [5, 5.41) is 3.52. The molecule has 0 bridgehead atoms. The maximum absolute atomic E-state index is 12.8. The fourth-order valence-electron chi connectivity index (χ4n) is 3.10. The van der Waals surface area contributed by atoms with Crippen LogP contribution in [0.1, 0.15) is 25.0 Å². The number of rotatable bonds is 6. The monoisotopic (exact) mass is 423 g/mol. The second kappa shape index (κ2) is 9.41. The lowest BCUT2D eigenvalue weighted by atomic mass is 10.2. The number of anilines is 2. The van der Waals surface area contributed by atoms with E-state index in [1.807, 2.05) is 74.5 Å². The van der Waals surface area contributed by atoms with Crippen molar-refractivity contribution in [3.05, 3.63) is 92.6 Å². The average molecular weight is 424 g/mol. The minimum atomic E-state index is -0.578. The Bertz CT molecular complexity index is 1120. The summed E-state index contributed by atoms with van der Waals surface area (Å²) >= 11 is 5.58. The first-order chi connectivity index (χ1) is 14.4. The normalized spacial score (nSPS) is 10.8. The number of nitrogens with one attached hydrogen (secondary N) is 2. The molecule has 1 aromatic heterocycles. The molecule has 0 aliphatic rings. The molecular weight excluding hydrogens is 398 g/mol. The molecule has 0 radical (unpaired) electrons. The molecule has 30 heavy (non-hydrogen) atoms. The van der Waals surface area contributed by atoms with E-state index in [0.29, 0.717) is 11.7 Å². The van der Waals surface area contributed by atoms with Crippen LogP contribution in [0.2, 0.25) is 0 Å². The molecule has 4 N–H and O–H groups in total. The number of nitrogens with zero attached hydrogens (tertiary/aromatic N) is 2. The molecule has 3 rings (SSSR count). The van der Waals surface area contributed by atoms with E-state index in [-0.39, 0.29) is 24.1 Å². The molecule has 1 heterocycles. The van der Waals surface area contributed by atoms with Crippen molar-refractivity contribution in [1.29, 1.82) is 0 Å². The third-order valence-electron chi connectivity index (χ3n) is 4.51. The van der Waals surface area contributed by atoms with Crippen LogP contribution in [-0.4, -0.2) is 20.7 Å². The molecule has 2 aromatic carbocycles. The Balaban J connectivity index is 2.09. The molecule has 7 nitrogen and oxygen atoms in total. The summed E-state index contributed by atoms with van der Waals surface area (Å²) in [6, 6.07) is 19.1. The summed E-state index contributed by atoms with van der Waals surface area (Å²) in [4.78, 5) is 29.3. The molecule has 0 amide bonds. The summed E-state index contributed by atoms with van der Waals surface area (Å²) in [6.45, 7) is 4.48. The van der Waals surface area contributed by atoms with E-state index in [1.165, 1.54) is 4.57 Å². The van der Waals surface area contributed by atoms with E-state index in [2.05, 4.69) is 10.3 Å². The number of aromatic amines is 1. The molecule has 0 saturated heterocycles. The molecule has 156 valence electrons. The average Bonchev–Trinajstić information content (AvgIpc) is 2.71. The van der Waals surface area contributed by atoms with Gasteiger partial charge in [-0.05, 0) is 37.2 Å². The van der Waals surface area contributed by atoms with Gasteiger partial charge in [0.1, 0.15) is 5.82 Å². The van der Waals surface area contributed by atoms with E-state index in [4.69, 9.17) is 18.0 Å². The van der Waals surface area contributed by atoms with Crippen LogP contribution in [-0.2, 0) is 13.1 Å². The van der Waals surface area contributed by atoms with Gasteiger partial charge < -0.3 is 16.0 Å². The van der Waals surface area contributed by atoms with Crippen LogP contribution < -0.4 is 27.2 Å². The number of aromatic nitrogens is 2. The second-order valence-electron chi connectivity index (χ2n) is 7.24. The summed E-state index contributed by atoms with van der Waals surface area (Å²) in [5.41, 5.74) is 7.21.